The normalized spacial score (nSPS) is 22.8. The molecule has 0 aliphatic carbocycles. The van der Waals surface area contributed by atoms with Crippen LogP contribution in [-0.2, 0) is 4.79 Å². The molecule has 0 saturated carbocycles. The van der Waals surface area contributed by atoms with Gasteiger partial charge in [0.25, 0.3) is 0 Å². The van der Waals surface area contributed by atoms with E-state index in [4.69, 9.17) is 4.74 Å². The zero-order valence-electron chi connectivity index (χ0n) is 11.6. The van der Waals surface area contributed by atoms with E-state index in [9.17, 15) is 4.79 Å². The van der Waals surface area contributed by atoms with Crippen molar-refractivity contribution in [1.82, 2.24) is 5.32 Å². The van der Waals surface area contributed by atoms with E-state index in [1.54, 1.807) is 0 Å². The Kier molecular flexibility index (Phi) is 4.80. The first kappa shape index (κ1) is 13.9. The van der Waals surface area contributed by atoms with Gasteiger partial charge >= 0.3 is 0 Å². The summed E-state index contributed by atoms with van der Waals surface area (Å²) in [6.07, 6.45) is 2.00. The molecule has 2 N–H and O–H groups in total. The van der Waals surface area contributed by atoms with E-state index in [1.165, 1.54) is 0 Å². The van der Waals surface area contributed by atoms with E-state index in [-0.39, 0.29) is 11.8 Å². The number of piperidine rings is 1. The third-order valence-electron chi connectivity index (χ3n) is 3.44. The van der Waals surface area contributed by atoms with Crippen molar-refractivity contribution in [2.75, 3.05) is 18.5 Å². The fraction of sp³-hybridized carbons (Fsp3) is 0.533. The van der Waals surface area contributed by atoms with E-state index < -0.39 is 0 Å². The highest BCUT2D eigenvalue weighted by molar-refractivity contribution is 5.92. The molecule has 1 aromatic rings. The molecule has 0 bridgehead atoms. The van der Waals surface area contributed by atoms with Crippen LogP contribution in [0.15, 0.2) is 24.3 Å². The summed E-state index contributed by atoms with van der Waals surface area (Å²) >= 11 is 0. The third-order valence-corrected chi connectivity index (χ3v) is 3.44. The Hall–Kier alpha value is -1.55. The van der Waals surface area contributed by atoms with Gasteiger partial charge in [-0.2, -0.15) is 0 Å². The van der Waals surface area contributed by atoms with Gasteiger partial charge < -0.3 is 15.4 Å². The Morgan fingerprint density at radius 3 is 3.00 bits per heavy atom. The molecule has 0 radical (unpaired) electrons. The van der Waals surface area contributed by atoms with E-state index in [0.29, 0.717) is 12.6 Å². The highest BCUT2D eigenvalue weighted by Gasteiger charge is 2.23. The molecule has 4 nitrogen and oxygen atoms in total. The van der Waals surface area contributed by atoms with Gasteiger partial charge in [0.1, 0.15) is 5.75 Å². The summed E-state index contributed by atoms with van der Waals surface area (Å²) in [4.78, 5) is 12.2. The quantitative estimate of drug-likeness (QED) is 0.876. The maximum absolute atomic E-state index is 12.2. The number of hydrogen-bond acceptors (Lipinski definition) is 3. The van der Waals surface area contributed by atoms with Crippen molar-refractivity contribution in [1.29, 1.82) is 0 Å². The lowest BCUT2D eigenvalue weighted by Gasteiger charge is -2.26. The Bertz CT molecular complexity index is 426. The molecule has 2 rings (SSSR count). The van der Waals surface area contributed by atoms with Crippen molar-refractivity contribution < 1.29 is 9.53 Å². The van der Waals surface area contributed by atoms with Crippen LogP contribution in [0.2, 0.25) is 0 Å². The number of carbonyl (C=O) groups excluding carboxylic acids is 1. The number of benzene rings is 1. The van der Waals surface area contributed by atoms with Gasteiger partial charge in [0.05, 0.1) is 12.5 Å². The number of ether oxygens (including phenoxy) is 1. The van der Waals surface area contributed by atoms with Gasteiger partial charge in [-0.05, 0) is 38.8 Å². The number of rotatable bonds is 4. The molecule has 2 atom stereocenters. The van der Waals surface area contributed by atoms with Gasteiger partial charge in [-0.15, -0.1) is 0 Å². The second kappa shape index (κ2) is 6.57. The minimum absolute atomic E-state index is 0.0620. The zero-order valence-corrected chi connectivity index (χ0v) is 11.6. The van der Waals surface area contributed by atoms with Crippen LogP contribution in [0.4, 0.5) is 5.69 Å². The first-order chi connectivity index (χ1) is 9.19. The summed E-state index contributed by atoms with van der Waals surface area (Å²) < 4.78 is 5.42. The van der Waals surface area contributed by atoms with Crippen molar-refractivity contribution in [2.45, 2.75) is 32.7 Å². The van der Waals surface area contributed by atoms with Crippen LogP contribution in [0.5, 0.6) is 5.75 Å². The van der Waals surface area contributed by atoms with Crippen LogP contribution in [-0.4, -0.2) is 25.1 Å². The van der Waals surface area contributed by atoms with Gasteiger partial charge in [0.2, 0.25) is 5.91 Å². The first-order valence-electron chi connectivity index (χ1n) is 6.96. The van der Waals surface area contributed by atoms with Gasteiger partial charge in [-0.25, -0.2) is 0 Å². The van der Waals surface area contributed by atoms with E-state index in [1.807, 2.05) is 31.2 Å². The standard InChI is InChI=1S/C15H22N2O2/c1-3-19-14-6-4-5-13(9-14)17-15(18)12-8-7-11(2)16-10-12/h4-6,9,11-12,16H,3,7-8,10H2,1-2H3,(H,17,18). The molecule has 1 amide bonds. The molecule has 2 unspecified atom stereocenters. The second-order valence-corrected chi connectivity index (χ2v) is 5.03. The number of nitrogens with one attached hydrogen (secondary N) is 2. The molecule has 1 aliphatic heterocycles. The fourth-order valence-electron chi connectivity index (χ4n) is 2.30. The largest absolute Gasteiger partial charge is 0.494 e. The van der Waals surface area contributed by atoms with Crippen LogP contribution in [0.25, 0.3) is 0 Å². The van der Waals surface area contributed by atoms with E-state index in [0.717, 1.165) is 30.8 Å². The van der Waals surface area contributed by atoms with Crippen molar-refractivity contribution in [3.8, 4) is 5.75 Å². The van der Waals surface area contributed by atoms with Crippen LogP contribution < -0.4 is 15.4 Å². The predicted molar refractivity (Wildman–Crippen MR) is 76.4 cm³/mol. The molecular weight excluding hydrogens is 240 g/mol. The summed E-state index contributed by atoms with van der Waals surface area (Å²) in [5, 5.41) is 6.31. The SMILES string of the molecule is CCOc1cccc(NC(=O)C2CCC(C)NC2)c1. The highest BCUT2D eigenvalue weighted by Crippen LogP contribution is 2.20. The summed E-state index contributed by atoms with van der Waals surface area (Å²) in [7, 11) is 0. The van der Waals surface area contributed by atoms with Crippen molar-refractivity contribution in [2.24, 2.45) is 5.92 Å². The van der Waals surface area contributed by atoms with Crippen molar-refractivity contribution >= 4 is 11.6 Å². The second-order valence-electron chi connectivity index (χ2n) is 5.03. The minimum Gasteiger partial charge on any atom is -0.494 e. The Balaban J connectivity index is 1.93. The fourth-order valence-corrected chi connectivity index (χ4v) is 2.30. The van der Waals surface area contributed by atoms with E-state index >= 15 is 0 Å². The molecule has 19 heavy (non-hydrogen) atoms. The predicted octanol–water partition coefficient (Wildman–Crippen LogP) is 2.41. The van der Waals surface area contributed by atoms with Gasteiger partial charge in [-0.1, -0.05) is 6.07 Å². The number of hydrogen-bond donors (Lipinski definition) is 2. The molecule has 1 aliphatic rings. The van der Waals surface area contributed by atoms with Crippen LogP contribution in [0.3, 0.4) is 0 Å². The summed E-state index contributed by atoms with van der Waals surface area (Å²) in [5.41, 5.74) is 0.801. The van der Waals surface area contributed by atoms with Crippen LogP contribution in [0, 0.1) is 5.92 Å². The Morgan fingerprint density at radius 1 is 1.47 bits per heavy atom. The molecule has 1 saturated heterocycles. The summed E-state index contributed by atoms with van der Waals surface area (Å²) in [6, 6.07) is 8.05. The molecule has 0 spiro atoms. The summed E-state index contributed by atoms with van der Waals surface area (Å²) in [5.74, 6) is 0.940. The minimum atomic E-state index is 0.0620. The summed E-state index contributed by atoms with van der Waals surface area (Å²) in [6.45, 7) is 5.49. The van der Waals surface area contributed by atoms with E-state index in [2.05, 4.69) is 17.6 Å². The third kappa shape index (κ3) is 3.96. The Morgan fingerprint density at radius 2 is 2.32 bits per heavy atom. The number of carbonyl (C=O) groups is 1. The molecule has 4 heteroatoms. The Labute approximate surface area is 114 Å². The molecular formula is C15H22N2O2. The highest BCUT2D eigenvalue weighted by atomic mass is 16.5. The lowest BCUT2D eigenvalue weighted by molar-refractivity contribution is -0.120. The lowest BCUT2D eigenvalue weighted by atomic mass is 9.95. The monoisotopic (exact) mass is 262 g/mol. The van der Waals surface area contributed by atoms with Gasteiger partial charge in [-0.3, -0.25) is 4.79 Å². The molecule has 0 aromatic heterocycles. The molecule has 1 heterocycles. The average Bonchev–Trinajstić information content (AvgIpc) is 2.40. The van der Waals surface area contributed by atoms with Gasteiger partial charge in [0.15, 0.2) is 0 Å². The van der Waals surface area contributed by atoms with Crippen molar-refractivity contribution in [3.05, 3.63) is 24.3 Å². The van der Waals surface area contributed by atoms with Crippen LogP contribution in [0.1, 0.15) is 26.7 Å². The van der Waals surface area contributed by atoms with Gasteiger partial charge in [0, 0.05) is 24.3 Å². The van der Waals surface area contributed by atoms with Crippen LogP contribution >= 0.6 is 0 Å². The topological polar surface area (TPSA) is 50.4 Å². The number of amides is 1. The smallest absolute Gasteiger partial charge is 0.228 e. The number of anilines is 1. The lowest BCUT2D eigenvalue weighted by Crippen LogP contribution is -2.41. The van der Waals surface area contributed by atoms with Crippen molar-refractivity contribution in [3.63, 3.8) is 0 Å². The first-order valence-corrected chi connectivity index (χ1v) is 6.96. The maximum Gasteiger partial charge on any atom is 0.228 e. The molecule has 1 fully saturated rings. The molecule has 104 valence electrons. The molecule has 1 aromatic carbocycles. The average molecular weight is 262 g/mol. The zero-order chi connectivity index (χ0) is 13.7. The maximum atomic E-state index is 12.2.